The Bertz CT molecular complexity index is 1000. The molecule has 0 radical (unpaired) electrons. The number of nitrogens with zero attached hydrogens (tertiary/aromatic N) is 3. The van der Waals surface area contributed by atoms with Gasteiger partial charge in [0.2, 0.25) is 0 Å². The lowest BCUT2D eigenvalue weighted by Crippen LogP contribution is -2.50. The summed E-state index contributed by atoms with van der Waals surface area (Å²) in [5.74, 6) is -1.12. The van der Waals surface area contributed by atoms with Gasteiger partial charge in [0, 0.05) is 37.4 Å². The topological polar surface area (TPSA) is 48.5 Å². The minimum atomic E-state index is -0.903. The van der Waals surface area contributed by atoms with E-state index in [9.17, 15) is 13.6 Å². The van der Waals surface area contributed by atoms with E-state index < -0.39 is 11.6 Å². The highest BCUT2D eigenvalue weighted by Gasteiger charge is 2.22. The minimum absolute atomic E-state index is 0.132. The molecule has 148 valence electrons. The monoisotopic (exact) mass is 394 g/mol. The first kappa shape index (κ1) is 18.9. The number of hydrogen-bond donors (Lipinski definition) is 1. The molecule has 29 heavy (non-hydrogen) atoms. The summed E-state index contributed by atoms with van der Waals surface area (Å²) in [4.78, 5) is 20.7. The van der Waals surface area contributed by atoms with Crippen LogP contribution in [0, 0.1) is 11.6 Å². The van der Waals surface area contributed by atoms with Crippen LogP contribution in [0.1, 0.15) is 0 Å². The van der Waals surface area contributed by atoms with Crippen LogP contribution >= 0.6 is 0 Å². The minimum Gasteiger partial charge on any atom is -0.353 e. The summed E-state index contributed by atoms with van der Waals surface area (Å²) < 4.78 is 27.6. The second kappa shape index (κ2) is 8.26. The summed E-state index contributed by atoms with van der Waals surface area (Å²) in [5, 5.41) is 2.88. The molecule has 3 aromatic rings. The number of aromatic nitrogens is 1. The lowest BCUT2D eigenvalue weighted by molar-refractivity contribution is 0.208. The third-order valence-electron chi connectivity index (χ3n) is 4.88. The third-order valence-corrected chi connectivity index (χ3v) is 4.88. The number of benzene rings is 2. The van der Waals surface area contributed by atoms with E-state index in [-0.39, 0.29) is 11.6 Å². The lowest BCUT2D eigenvalue weighted by atomic mass is 10.1. The quantitative estimate of drug-likeness (QED) is 0.717. The van der Waals surface area contributed by atoms with Crippen molar-refractivity contribution in [3.05, 3.63) is 78.4 Å². The number of carbonyl (C=O) groups excluding carboxylic acids is 1. The van der Waals surface area contributed by atoms with Crippen LogP contribution in [0.3, 0.4) is 0 Å². The van der Waals surface area contributed by atoms with Crippen LogP contribution in [0.2, 0.25) is 0 Å². The molecule has 0 atom stereocenters. The number of rotatable bonds is 3. The molecule has 5 nitrogen and oxygen atoms in total. The molecular weight excluding hydrogens is 374 g/mol. The van der Waals surface area contributed by atoms with Crippen LogP contribution in [-0.4, -0.2) is 42.1 Å². The largest absolute Gasteiger partial charge is 0.353 e. The first-order chi connectivity index (χ1) is 14.1. The maximum atomic E-state index is 14.1. The Hall–Kier alpha value is -3.48. The van der Waals surface area contributed by atoms with Crippen LogP contribution in [0.15, 0.2) is 66.7 Å². The smallest absolute Gasteiger partial charge is 0.321 e. The van der Waals surface area contributed by atoms with Gasteiger partial charge in [-0.3, -0.25) is 0 Å². The fourth-order valence-electron chi connectivity index (χ4n) is 3.31. The maximum absolute atomic E-state index is 14.1. The van der Waals surface area contributed by atoms with Gasteiger partial charge in [0.05, 0.1) is 5.69 Å². The van der Waals surface area contributed by atoms with Crippen molar-refractivity contribution < 1.29 is 13.6 Å². The van der Waals surface area contributed by atoms with Gasteiger partial charge in [0.25, 0.3) is 0 Å². The Labute approximate surface area is 167 Å². The maximum Gasteiger partial charge on any atom is 0.321 e. The fourth-order valence-corrected chi connectivity index (χ4v) is 3.31. The van der Waals surface area contributed by atoms with Crippen LogP contribution in [0.4, 0.5) is 25.1 Å². The molecular formula is C22H20F2N4O. The second-order valence-electron chi connectivity index (χ2n) is 6.75. The Morgan fingerprint density at radius 1 is 0.862 bits per heavy atom. The molecule has 1 aliphatic rings. The number of para-hydroxylation sites is 1. The van der Waals surface area contributed by atoms with Gasteiger partial charge in [-0.1, -0.05) is 30.3 Å². The first-order valence-corrected chi connectivity index (χ1v) is 9.39. The van der Waals surface area contributed by atoms with E-state index in [0.29, 0.717) is 37.7 Å². The fraction of sp³-hybridized carbons (Fsp3) is 0.182. The first-order valence-electron chi connectivity index (χ1n) is 9.39. The van der Waals surface area contributed by atoms with Crippen LogP contribution in [0.25, 0.3) is 11.3 Å². The number of urea groups is 1. The van der Waals surface area contributed by atoms with E-state index in [1.165, 1.54) is 12.1 Å². The van der Waals surface area contributed by atoms with Crippen molar-refractivity contribution in [1.82, 2.24) is 9.88 Å². The number of halogens is 2. The molecule has 0 aliphatic carbocycles. The average Bonchev–Trinajstić information content (AvgIpc) is 2.76. The molecule has 1 aliphatic heterocycles. The number of hydrogen-bond acceptors (Lipinski definition) is 3. The van der Waals surface area contributed by atoms with E-state index >= 15 is 0 Å². The van der Waals surface area contributed by atoms with Crippen LogP contribution < -0.4 is 10.2 Å². The van der Waals surface area contributed by atoms with Gasteiger partial charge < -0.3 is 15.1 Å². The summed E-state index contributed by atoms with van der Waals surface area (Å²) in [6.07, 6.45) is 0. The number of nitrogens with one attached hydrogen (secondary N) is 1. The van der Waals surface area contributed by atoms with Crippen molar-refractivity contribution in [2.45, 2.75) is 0 Å². The van der Waals surface area contributed by atoms with Gasteiger partial charge in [0.15, 0.2) is 11.6 Å². The predicted octanol–water partition coefficient (Wildman–Crippen LogP) is 4.38. The highest BCUT2D eigenvalue weighted by molar-refractivity contribution is 5.89. The highest BCUT2D eigenvalue weighted by atomic mass is 19.2. The van der Waals surface area contributed by atoms with Gasteiger partial charge in [-0.2, -0.15) is 0 Å². The molecule has 1 N–H and O–H groups in total. The molecule has 2 amide bonds. The molecule has 4 rings (SSSR count). The molecule has 0 unspecified atom stereocenters. The Morgan fingerprint density at radius 2 is 1.59 bits per heavy atom. The van der Waals surface area contributed by atoms with Gasteiger partial charge >= 0.3 is 6.03 Å². The summed E-state index contributed by atoms with van der Waals surface area (Å²) in [6, 6.07) is 18.5. The summed E-state index contributed by atoms with van der Waals surface area (Å²) in [7, 11) is 0. The molecule has 1 saturated heterocycles. The van der Waals surface area contributed by atoms with Crippen LogP contribution in [0.5, 0.6) is 0 Å². The van der Waals surface area contributed by atoms with E-state index in [0.717, 1.165) is 11.8 Å². The number of pyridine rings is 1. The van der Waals surface area contributed by atoms with Crippen molar-refractivity contribution in [3.63, 3.8) is 0 Å². The van der Waals surface area contributed by atoms with Crippen molar-refractivity contribution in [3.8, 4) is 11.3 Å². The Balaban J connectivity index is 1.42. The number of amides is 2. The van der Waals surface area contributed by atoms with Gasteiger partial charge in [-0.05, 0) is 36.4 Å². The summed E-state index contributed by atoms with van der Waals surface area (Å²) in [6.45, 7) is 2.28. The van der Waals surface area contributed by atoms with Crippen molar-refractivity contribution in [2.75, 3.05) is 36.4 Å². The van der Waals surface area contributed by atoms with E-state index in [1.807, 2.05) is 41.3 Å². The molecule has 7 heteroatoms. The molecule has 0 bridgehead atoms. The summed E-state index contributed by atoms with van der Waals surface area (Å²) in [5.41, 5.74) is 1.27. The Morgan fingerprint density at radius 3 is 2.34 bits per heavy atom. The van der Waals surface area contributed by atoms with Gasteiger partial charge in [-0.15, -0.1) is 0 Å². The second-order valence-corrected chi connectivity index (χ2v) is 6.75. The van der Waals surface area contributed by atoms with E-state index in [1.54, 1.807) is 17.0 Å². The van der Waals surface area contributed by atoms with E-state index in [2.05, 4.69) is 10.3 Å². The number of anilines is 2. The molecule has 2 heterocycles. The lowest BCUT2D eigenvalue weighted by Gasteiger charge is -2.35. The van der Waals surface area contributed by atoms with Gasteiger partial charge in [0.1, 0.15) is 5.82 Å². The molecule has 2 aromatic carbocycles. The molecule has 0 saturated carbocycles. The molecule has 1 fully saturated rings. The standard InChI is InChI=1S/C22H20F2N4O/c23-18-9-4-8-17(21(18)24)19-10-5-11-20(26-19)27-12-14-28(15-13-27)22(29)25-16-6-2-1-3-7-16/h1-11H,12-15H2,(H,25,29). The van der Waals surface area contributed by atoms with Crippen molar-refractivity contribution >= 4 is 17.5 Å². The van der Waals surface area contributed by atoms with Gasteiger partial charge in [-0.25, -0.2) is 18.6 Å². The molecule has 0 spiro atoms. The zero-order valence-corrected chi connectivity index (χ0v) is 15.7. The zero-order valence-electron chi connectivity index (χ0n) is 15.7. The van der Waals surface area contributed by atoms with E-state index in [4.69, 9.17) is 0 Å². The highest BCUT2D eigenvalue weighted by Crippen LogP contribution is 2.25. The predicted molar refractivity (Wildman–Crippen MR) is 109 cm³/mol. The molecule has 1 aromatic heterocycles. The normalized spacial score (nSPS) is 14.0. The van der Waals surface area contributed by atoms with Crippen molar-refractivity contribution in [1.29, 1.82) is 0 Å². The number of carbonyl (C=O) groups is 1. The average molecular weight is 394 g/mol. The Kier molecular flexibility index (Phi) is 5.37. The van der Waals surface area contributed by atoms with Crippen molar-refractivity contribution in [2.24, 2.45) is 0 Å². The zero-order chi connectivity index (χ0) is 20.2. The summed E-state index contributed by atoms with van der Waals surface area (Å²) >= 11 is 0. The third kappa shape index (κ3) is 4.18. The SMILES string of the molecule is O=C(Nc1ccccc1)N1CCN(c2cccc(-c3cccc(F)c3F)n2)CC1. The van der Waals surface area contributed by atoms with Crippen LogP contribution in [-0.2, 0) is 0 Å². The number of piperazine rings is 1.